The second kappa shape index (κ2) is 19.5. The lowest BCUT2D eigenvalue weighted by Gasteiger charge is -2.24. The highest BCUT2D eigenvalue weighted by molar-refractivity contribution is 5.72. The number of amides is 1. The van der Waals surface area contributed by atoms with E-state index in [0.717, 1.165) is 19.2 Å². The van der Waals surface area contributed by atoms with Crippen LogP contribution in [-0.4, -0.2) is 82.1 Å². The number of anilines is 2. The number of benzene rings is 2. The van der Waals surface area contributed by atoms with Gasteiger partial charge in [0.25, 0.3) is 5.75 Å². The Kier molecular flexibility index (Phi) is 17.0. The van der Waals surface area contributed by atoms with Crippen molar-refractivity contribution in [3.63, 3.8) is 0 Å². The fourth-order valence-corrected chi connectivity index (χ4v) is 4.74. The maximum absolute atomic E-state index is 12.9. The lowest BCUT2D eigenvalue weighted by Crippen LogP contribution is -2.36. The Labute approximate surface area is 317 Å². The summed E-state index contributed by atoms with van der Waals surface area (Å²) in [6.07, 6.45) is -11.6. The number of nitro groups is 2. The molecule has 0 saturated carbocycles. The molecular weight excluding hydrogens is 770 g/mol. The molecule has 1 saturated heterocycles. The van der Waals surface area contributed by atoms with E-state index in [9.17, 15) is 56.2 Å². The molecule has 23 heteroatoms. The fraction of sp³-hybridized carbons (Fsp3) is 0.576. The Balaban J connectivity index is 0.000000542. The molecule has 2 atom stereocenters. The summed E-state index contributed by atoms with van der Waals surface area (Å²) in [5.74, 6) is -1.51. The van der Waals surface area contributed by atoms with Crippen LogP contribution in [0.15, 0.2) is 24.3 Å². The van der Waals surface area contributed by atoms with Crippen LogP contribution in [0.2, 0.25) is 0 Å². The molecule has 2 aromatic rings. The third kappa shape index (κ3) is 15.4. The zero-order valence-electron chi connectivity index (χ0n) is 31.6. The summed E-state index contributed by atoms with van der Waals surface area (Å²) < 4.78 is 98.4. The molecule has 1 aliphatic rings. The standard InChI is InChI=1S/C16H18F3N3O7.C16H24F3N3O3.CH4O/c1-15(2,3)29-14(23)20-5-4-10(8-20)28-13-11(21(24)25)6-9(16(17,18)19)7-12(13)22(26)27;1-15(2,3)25-13(23)8-10(4-5-20)24-14-11(21)6-9(7-12(14)22)16(17,18)19;1-2/h6-7,10H,4-5,8H2,1-3H3;6-7,10H,4-5,8,20-22H2,1-3H3;2H,1H3/t2*10-;/m11./s1. The number of alkyl halides is 6. The Morgan fingerprint density at radius 1 is 0.839 bits per heavy atom. The van der Waals surface area contributed by atoms with Gasteiger partial charge in [-0.1, -0.05) is 0 Å². The number of nitro benzene ring substituents is 2. The summed E-state index contributed by atoms with van der Waals surface area (Å²) in [5, 5.41) is 29.5. The first-order chi connectivity index (χ1) is 25.5. The fourth-order valence-electron chi connectivity index (χ4n) is 4.74. The molecule has 2 aromatic carbocycles. The van der Waals surface area contributed by atoms with E-state index < -0.39 is 85.9 Å². The summed E-state index contributed by atoms with van der Waals surface area (Å²) in [6, 6.07) is 1.84. The SMILES string of the molecule is CC(C)(C)OC(=O)C[C@@H](CCN)Oc1c(N)cc(C(F)(F)F)cc1N.CC(C)(C)OC(=O)N1CC[C@@H](Oc2c([N+](=O)[O-])cc(C(F)(F)F)cc2[N+](=O)[O-])C1.CO. The number of ether oxygens (including phenoxy) is 4. The van der Waals surface area contributed by atoms with Crippen LogP contribution < -0.4 is 26.7 Å². The summed E-state index contributed by atoms with van der Waals surface area (Å²) >= 11 is 0. The molecule has 3 rings (SSSR count). The predicted molar refractivity (Wildman–Crippen MR) is 189 cm³/mol. The van der Waals surface area contributed by atoms with E-state index >= 15 is 0 Å². The Hall–Kier alpha value is -5.32. The number of carbonyl (C=O) groups is 2. The van der Waals surface area contributed by atoms with Crippen molar-refractivity contribution in [1.29, 1.82) is 0 Å². The second-order valence-corrected chi connectivity index (χ2v) is 13.9. The van der Waals surface area contributed by atoms with Crippen molar-refractivity contribution < 1.29 is 69.8 Å². The molecule has 316 valence electrons. The van der Waals surface area contributed by atoms with E-state index in [4.69, 9.17) is 41.3 Å². The van der Waals surface area contributed by atoms with Crippen molar-refractivity contribution >= 4 is 34.8 Å². The first-order valence-corrected chi connectivity index (χ1v) is 16.5. The molecule has 56 heavy (non-hydrogen) atoms. The molecule has 1 amide bonds. The number of esters is 1. The van der Waals surface area contributed by atoms with Crippen LogP contribution in [0.4, 0.5) is 53.9 Å². The van der Waals surface area contributed by atoms with E-state index in [1.807, 2.05) is 0 Å². The van der Waals surface area contributed by atoms with E-state index in [1.165, 1.54) is 4.90 Å². The molecular formula is C33H46F6N6O11. The summed E-state index contributed by atoms with van der Waals surface area (Å²) in [4.78, 5) is 45.3. The Morgan fingerprint density at radius 2 is 1.29 bits per heavy atom. The van der Waals surface area contributed by atoms with E-state index in [2.05, 4.69) is 0 Å². The predicted octanol–water partition coefficient (Wildman–Crippen LogP) is 6.22. The lowest BCUT2D eigenvalue weighted by molar-refractivity contribution is -0.396. The van der Waals surface area contributed by atoms with Gasteiger partial charge >= 0.3 is 35.8 Å². The Bertz CT molecular complexity index is 1640. The summed E-state index contributed by atoms with van der Waals surface area (Å²) in [6.45, 7) is 10.4. The van der Waals surface area contributed by atoms with Gasteiger partial charge in [-0.05, 0) is 66.6 Å². The molecule has 7 N–H and O–H groups in total. The van der Waals surface area contributed by atoms with Crippen LogP contribution in [0.3, 0.4) is 0 Å². The van der Waals surface area contributed by atoms with Gasteiger partial charge in [-0.2, -0.15) is 26.3 Å². The number of rotatable bonds is 10. The van der Waals surface area contributed by atoms with Crippen molar-refractivity contribution in [2.75, 3.05) is 38.2 Å². The van der Waals surface area contributed by atoms with Crippen molar-refractivity contribution in [3.05, 3.63) is 55.6 Å². The maximum atomic E-state index is 12.9. The first-order valence-electron chi connectivity index (χ1n) is 16.5. The van der Waals surface area contributed by atoms with E-state index in [-0.39, 0.29) is 68.2 Å². The number of nitrogens with zero attached hydrogens (tertiary/aromatic N) is 3. The second-order valence-electron chi connectivity index (χ2n) is 13.9. The molecule has 0 spiro atoms. The van der Waals surface area contributed by atoms with Gasteiger partial charge in [0.2, 0.25) is 0 Å². The molecule has 0 radical (unpaired) electrons. The minimum absolute atomic E-state index is 0.0930. The zero-order valence-corrected chi connectivity index (χ0v) is 31.6. The maximum Gasteiger partial charge on any atom is 0.416 e. The van der Waals surface area contributed by atoms with Crippen molar-refractivity contribution in [3.8, 4) is 11.5 Å². The van der Waals surface area contributed by atoms with Crippen LogP contribution in [0.1, 0.15) is 71.9 Å². The highest BCUT2D eigenvalue weighted by Crippen LogP contribution is 2.44. The van der Waals surface area contributed by atoms with Gasteiger partial charge in [0.1, 0.15) is 23.4 Å². The minimum Gasteiger partial charge on any atom is -0.485 e. The molecule has 1 aliphatic heterocycles. The smallest absolute Gasteiger partial charge is 0.416 e. The van der Waals surface area contributed by atoms with Gasteiger partial charge in [-0.15, -0.1) is 0 Å². The van der Waals surface area contributed by atoms with Crippen molar-refractivity contribution in [1.82, 2.24) is 4.90 Å². The molecule has 1 heterocycles. The highest BCUT2D eigenvalue weighted by atomic mass is 19.4. The normalized spacial score (nSPS) is 15.0. The molecule has 17 nitrogen and oxygen atoms in total. The quantitative estimate of drug-likeness (QED) is 0.0683. The number of aliphatic hydroxyl groups is 1. The zero-order chi connectivity index (χ0) is 43.6. The molecule has 0 aliphatic carbocycles. The average molecular weight is 817 g/mol. The van der Waals surface area contributed by atoms with Gasteiger partial charge in [-0.25, -0.2) is 4.79 Å². The van der Waals surface area contributed by atoms with E-state index in [0.29, 0.717) is 0 Å². The van der Waals surface area contributed by atoms with E-state index in [1.54, 1.807) is 41.5 Å². The molecule has 0 aromatic heterocycles. The van der Waals surface area contributed by atoms with Gasteiger partial charge in [-0.3, -0.25) is 25.0 Å². The number of hydrogen-bond donors (Lipinski definition) is 4. The average Bonchev–Trinajstić information content (AvgIpc) is 3.50. The molecule has 0 bridgehead atoms. The third-order valence-electron chi connectivity index (χ3n) is 6.91. The number of hydrogen-bond acceptors (Lipinski definition) is 14. The van der Waals surface area contributed by atoms with Crippen LogP contribution in [0.25, 0.3) is 0 Å². The van der Waals surface area contributed by atoms with Gasteiger partial charge in [0, 0.05) is 32.2 Å². The van der Waals surface area contributed by atoms with Crippen LogP contribution in [0, 0.1) is 20.2 Å². The number of nitrogen functional groups attached to an aromatic ring is 2. The van der Waals surface area contributed by atoms with Crippen LogP contribution in [0.5, 0.6) is 11.5 Å². The number of likely N-dealkylation sites (tertiary alicyclic amines) is 1. The highest BCUT2D eigenvalue weighted by Gasteiger charge is 2.40. The largest absolute Gasteiger partial charge is 0.485 e. The van der Waals surface area contributed by atoms with Gasteiger partial charge in [0.05, 0.1) is 45.3 Å². The third-order valence-corrected chi connectivity index (χ3v) is 6.91. The van der Waals surface area contributed by atoms with Crippen LogP contribution >= 0.6 is 0 Å². The molecule has 0 unspecified atom stereocenters. The number of aliphatic hydroxyl groups excluding tert-OH is 1. The van der Waals surface area contributed by atoms with Crippen molar-refractivity contribution in [2.24, 2.45) is 5.73 Å². The summed E-state index contributed by atoms with van der Waals surface area (Å²) in [7, 11) is 1.00. The number of carbonyl (C=O) groups excluding carboxylic acids is 2. The topological polar surface area (TPSA) is 259 Å². The summed E-state index contributed by atoms with van der Waals surface area (Å²) in [5.41, 5.74) is 9.96. The number of nitrogens with two attached hydrogens (primary N) is 3. The molecule has 1 fully saturated rings. The monoisotopic (exact) mass is 816 g/mol. The lowest BCUT2D eigenvalue weighted by atomic mass is 10.1. The minimum atomic E-state index is -5.02. The van der Waals surface area contributed by atoms with Crippen molar-refractivity contribution in [2.45, 2.75) is 96.6 Å². The number of halogens is 6. The first kappa shape index (κ1) is 48.7. The van der Waals surface area contributed by atoms with Crippen LogP contribution in [-0.2, 0) is 26.6 Å². The van der Waals surface area contributed by atoms with Gasteiger partial charge < -0.3 is 46.2 Å². The Morgan fingerprint density at radius 3 is 1.68 bits per heavy atom. The van der Waals surface area contributed by atoms with Gasteiger partial charge in [0.15, 0.2) is 5.75 Å².